The van der Waals surface area contributed by atoms with E-state index in [0.717, 1.165) is 23.9 Å². The molecule has 1 heterocycles. The predicted molar refractivity (Wildman–Crippen MR) is 59.6 cm³/mol. The van der Waals surface area contributed by atoms with E-state index in [1.165, 1.54) is 0 Å². The van der Waals surface area contributed by atoms with Gasteiger partial charge in [-0.1, -0.05) is 12.1 Å². The highest BCUT2D eigenvalue weighted by molar-refractivity contribution is 7.59. The molecule has 0 radical (unpaired) electrons. The molecular weight excluding hydrogens is 182 g/mol. The monoisotopic (exact) mass is 195 g/mol. The molecule has 0 aliphatic carbocycles. The Labute approximate surface area is 85.3 Å². The van der Waals surface area contributed by atoms with Gasteiger partial charge >= 0.3 is 0 Å². The largest absolute Gasteiger partial charge is 0.439 e. The summed E-state index contributed by atoms with van der Waals surface area (Å²) in [5.74, 6) is 1.63. The molecule has 0 N–H and O–H groups in total. The highest BCUT2D eigenvalue weighted by Crippen LogP contribution is 2.37. The Morgan fingerprint density at radius 3 is 2.77 bits per heavy atom. The van der Waals surface area contributed by atoms with Crippen molar-refractivity contribution in [2.75, 3.05) is 11.4 Å². The fourth-order valence-corrected chi connectivity index (χ4v) is 1.43. The van der Waals surface area contributed by atoms with E-state index in [4.69, 9.17) is 4.74 Å². The van der Waals surface area contributed by atoms with E-state index in [1.807, 2.05) is 24.3 Å². The maximum absolute atomic E-state index is 5.44. The third kappa shape index (κ3) is 1.52. The molecule has 70 valence electrons. The van der Waals surface area contributed by atoms with Crippen LogP contribution < -0.4 is 9.64 Å². The van der Waals surface area contributed by atoms with Crippen LogP contribution in [-0.2, 0) is 0 Å². The molecule has 0 bridgehead atoms. The quantitative estimate of drug-likeness (QED) is 0.682. The van der Waals surface area contributed by atoms with Crippen LogP contribution in [0.15, 0.2) is 36.7 Å². The van der Waals surface area contributed by atoms with Gasteiger partial charge in [0.25, 0.3) is 0 Å². The summed E-state index contributed by atoms with van der Waals surface area (Å²) in [6.07, 6.45) is 0. The molecule has 1 aromatic rings. The first kappa shape index (κ1) is 9.99. The summed E-state index contributed by atoms with van der Waals surface area (Å²) in [4.78, 5) is 2.05. The van der Waals surface area contributed by atoms with Crippen molar-refractivity contribution >= 4 is 19.2 Å². The Morgan fingerprint density at radius 1 is 1.38 bits per heavy atom. The van der Waals surface area contributed by atoms with Gasteiger partial charge in [-0.05, 0) is 25.6 Å². The van der Waals surface area contributed by atoms with Gasteiger partial charge in [-0.25, -0.2) is 0 Å². The van der Waals surface area contributed by atoms with Crippen LogP contribution in [0.4, 0.5) is 5.69 Å². The first-order valence-corrected chi connectivity index (χ1v) is 4.06. The van der Waals surface area contributed by atoms with E-state index < -0.39 is 0 Å². The topological polar surface area (TPSA) is 12.5 Å². The van der Waals surface area contributed by atoms with Crippen molar-refractivity contribution in [3.05, 3.63) is 36.7 Å². The van der Waals surface area contributed by atoms with Crippen molar-refractivity contribution < 1.29 is 4.74 Å². The SMILES string of the molecule is C=C1Oc2ccccc2N1CC.S. The number of nitrogens with zero attached hydrogens (tertiary/aromatic N) is 1. The molecular formula is C10H13NOS. The zero-order chi connectivity index (χ0) is 8.55. The lowest BCUT2D eigenvalue weighted by atomic mass is 10.3. The van der Waals surface area contributed by atoms with E-state index in [1.54, 1.807) is 0 Å². The minimum absolute atomic E-state index is 0. The summed E-state index contributed by atoms with van der Waals surface area (Å²) in [6.45, 7) is 6.80. The van der Waals surface area contributed by atoms with E-state index in [0.29, 0.717) is 0 Å². The summed E-state index contributed by atoms with van der Waals surface area (Å²) in [5.41, 5.74) is 1.12. The minimum atomic E-state index is 0. The third-order valence-corrected chi connectivity index (χ3v) is 2.00. The van der Waals surface area contributed by atoms with Crippen LogP contribution in [0.1, 0.15) is 6.92 Å². The Balaban J connectivity index is 0.000000845. The van der Waals surface area contributed by atoms with Crippen molar-refractivity contribution in [2.24, 2.45) is 0 Å². The molecule has 0 saturated heterocycles. The third-order valence-electron chi connectivity index (χ3n) is 2.00. The summed E-state index contributed by atoms with van der Waals surface area (Å²) in [5, 5.41) is 0. The lowest BCUT2D eigenvalue weighted by Crippen LogP contribution is -2.17. The first-order chi connectivity index (χ1) is 5.83. The molecule has 0 amide bonds. The number of anilines is 1. The smallest absolute Gasteiger partial charge is 0.193 e. The highest BCUT2D eigenvalue weighted by atomic mass is 32.1. The van der Waals surface area contributed by atoms with E-state index >= 15 is 0 Å². The van der Waals surface area contributed by atoms with Crippen LogP contribution >= 0.6 is 13.5 Å². The molecule has 0 fully saturated rings. The molecule has 0 unspecified atom stereocenters. The second-order valence-corrected chi connectivity index (χ2v) is 2.71. The van der Waals surface area contributed by atoms with Gasteiger partial charge in [-0.2, -0.15) is 13.5 Å². The van der Waals surface area contributed by atoms with Gasteiger partial charge in [-0.3, -0.25) is 0 Å². The van der Waals surface area contributed by atoms with Crippen LogP contribution in [0.2, 0.25) is 0 Å². The van der Waals surface area contributed by atoms with Gasteiger partial charge in [0, 0.05) is 6.54 Å². The molecule has 2 rings (SSSR count). The molecule has 0 aromatic heterocycles. The van der Waals surface area contributed by atoms with Crippen LogP contribution in [0.3, 0.4) is 0 Å². The molecule has 2 nitrogen and oxygen atoms in total. The van der Waals surface area contributed by atoms with Crippen molar-refractivity contribution in [2.45, 2.75) is 6.92 Å². The maximum Gasteiger partial charge on any atom is 0.193 e. The number of hydrogen-bond acceptors (Lipinski definition) is 2. The summed E-state index contributed by atoms with van der Waals surface area (Å²) >= 11 is 0. The number of benzene rings is 1. The number of para-hydroxylation sites is 2. The van der Waals surface area contributed by atoms with Gasteiger partial charge in [0.1, 0.15) is 0 Å². The fourth-order valence-electron chi connectivity index (χ4n) is 1.43. The van der Waals surface area contributed by atoms with E-state index in [2.05, 4.69) is 18.4 Å². The van der Waals surface area contributed by atoms with Crippen molar-refractivity contribution in [3.63, 3.8) is 0 Å². The fraction of sp³-hybridized carbons (Fsp3) is 0.200. The van der Waals surface area contributed by atoms with Crippen LogP contribution in [0.5, 0.6) is 5.75 Å². The molecule has 13 heavy (non-hydrogen) atoms. The van der Waals surface area contributed by atoms with Crippen molar-refractivity contribution in [1.29, 1.82) is 0 Å². The second kappa shape index (κ2) is 3.75. The Kier molecular flexibility index (Phi) is 2.88. The first-order valence-electron chi connectivity index (χ1n) is 4.06. The number of rotatable bonds is 1. The zero-order valence-corrected chi connectivity index (χ0v) is 8.58. The highest BCUT2D eigenvalue weighted by Gasteiger charge is 2.21. The van der Waals surface area contributed by atoms with Gasteiger partial charge < -0.3 is 9.64 Å². The summed E-state index contributed by atoms with van der Waals surface area (Å²) < 4.78 is 5.44. The molecule has 0 atom stereocenters. The van der Waals surface area contributed by atoms with E-state index in [9.17, 15) is 0 Å². The van der Waals surface area contributed by atoms with Gasteiger partial charge in [0.05, 0.1) is 5.69 Å². The lowest BCUT2D eigenvalue weighted by molar-refractivity contribution is 0.442. The van der Waals surface area contributed by atoms with Crippen LogP contribution in [0, 0.1) is 0 Å². The number of fused-ring (bicyclic) bond motifs is 1. The minimum Gasteiger partial charge on any atom is -0.439 e. The normalized spacial score (nSPS) is 13.3. The number of ether oxygens (including phenoxy) is 1. The van der Waals surface area contributed by atoms with E-state index in [-0.39, 0.29) is 13.5 Å². The Hall–Kier alpha value is -1.09. The zero-order valence-electron chi connectivity index (χ0n) is 7.58. The average molecular weight is 195 g/mol. The molecule has 1 aliphatic heterocycles. The number of hydrogen-bond donors (Lipinski definition) is 0. The lowest BCUT2D eigenvalue weighted by Gasteiger charge is -2.13. The van der Waals surface area contributed by atoms with Crippen molar-refractivity contribution in [3.8, 4) is 5.75 Å². The summed E-state index contributed by atoms with van der Waals surface area (Å²) in [6, 6.07) is 7.96. The predicted octanol–water partition coefficient (Wildman–Crippen LogP) is 2.49. The molecule has 0 saturated carbocycles. The van der Waals surface area contributed by atoms with Gasteiger partial charge in [0.2, 0.25) is 0 Å². The molecule has 0 spiro atoms. The van der Waals surface area contributed by atoms with Crippen LogP contribution in [-0.4, -0.2) is 6.54 Å². The maximum atomic E-state index is 5.44. The molecule has 1 aromatic carbocycles. The van der Waals surface area contributed by atoms with Crippen LogP contribution in [0.25, 0.3) is 0 Å². The Bertz CT molecular complexity index is 324. The standard InChI is InChI=1S/C10H11NO.H2S/c1-3-11-8(2)12-10-7-5-4-6-9(10)11;/h4-7H,2-3H2,1H3;1H2. The Morgan fingerprint density at radius 2 is 2.08 bits per heavy atom. The summed E-state index contributed by atoms with van der Waals surface area (Å²) in [7, 11) is 0. The van der Waals surface area contributed by atoms with Crippen molar-refractivity contribution in [1.82, 2.24) is 0 Å². The van der Waals surface area contributed by atoms with Gasteiger partial charge in [0.15, 0.2) is 11.6 Å². The van der Waals surface area contributed by atoms with Gasteiger partial charge in [-0.15, -0.1) is 0 Å². The average Bonchev–Trinajstić information content (AvgIpc) is 2.40. The second-order valence-electron chi connectivity index (χ2n) is 2.71. The molecule has 3 heteroatoms. The molecule has 1 aliphatic rings.